The van der Waals surface area contributed by atoms with Crippen LogP contribution < -0.4 is 0 Å². The summed E-state index contributed by atoms with van der Waals surface area (Å²) in [6.45, 7) is -0.956. The molecule has 8 nitrogen and oxygen atoms in total. The fraction of sp³-hybridized carbons (Fsp3) is 1.00. The van der Waals surface area contributed by atoms with Gasteiger partial charge in [-0.2, -0.15) is 0 Å². The van der Waals surface area contributed by atoms with Gasteiger partial charge in [-0.15, -0.1) is 23.2 Å². The number of aliphatic hydroxyl groups is 7. The van der Waals surface area contributed by atoms with Gasteiger partial charge in [0.25, 0.3) is 0 Å². The van der Waals surface area contributed by atoms with Gasteiger partial charge in [0.1, 0.15) is 18.3 Å². The molecule has 0 aliphatic rings. The van der Waals surface area contributed by atoms with Crippen LogP contribution in [0.3, 0.4) is 0 Å². The van der Waals surface area contributed by atoms with E-state index >= 15 is 0 Å². The van der Waals surface area contributed by atoms with Crippen molar-refractivity contribution in [3.63, 3.8) is 0 Å². The third-order valence-electron chi connectivity index (χ3n) is 3.06. The number of hydrogen-bond acceptors (Lipinski definition) is 8. The number of nitrogens with zero attached hydrogens (tertiary/aromatic N) is 1. The highest BCUT2D eigenvalue weighted by molar-refractivity contribution is 6.18. The quantitative estimate of drug-likeness (QED) is 0.180. The van der Waals surface area contributed by atoms with Crippen molar-refractivity contribution in [3.05, 3.63) is 0 Å². The van der Waals surface area contributed by atoms with Crippen LogP contribution in [0.15, 0.2) is 0 Å². The lowest BCUT2D eigenvalue weighted by Gasteiger charge is -2.32. The molecule has 0 heterocycles. The van der Waals surface area contributed by atoms with E-state index in [1.54, 1.807) is 0 Å². The van der Waals surface area contributed by atoms with Gasteiger partial charge < -0.3 is 35.7 Å². The Balaban J connectivity index is 4.67. The monoisotopic (exact) mass is 365 g/mol. The minimum absolute atomic E-state index is 0.0138. The third kappa shape index (κ3) is 8.21. The van der Waals surface area contributed by atoms with E-state index in [-0.39, 0.29) is 31.4 Å². The molecule has 0 fully saturated rings. The number of alkyl halides is 2. The molecular weight excluding hydrogens is 341 g/mol. The largest absolute Gasteiger partial charge is 0.394 e. The average molecular weight is 366 g/mol. The molecule has 6 atom stereocenters. The molecule has 0 bridgehead atoms. The fourth-order valence-corrected chi connectivity index (χ4v) is 2.05. The van der Waals surface area contributed by atoms with E-state index in [1.807, 2.05) is 0 Å². The van der Waals surface area contributed by atoms with Gasteiger partial charge >= 0.3 is 0 Å². The lowest BCUT2D eigenvalue weighted by Crippen LogP contribution is -2.51. The van der Waals surface area contributed by atoms with Gasteiger partial charge in [-0.25, -0.2) is 0 Å². The molecule has 10 heteroatoms. The zero-order chi connectivity index (χ0) is 17.3. The number of halogens is 2. The zero-order valence-corrected chi connectivity index (χ0v) is 13.6. The van der Waals surface area contributed by atoms with E-state index < -0.39 is 43.2 Å². The second-order valence-corrected chi connectivity index (χ2v) is 5.75. The van der Waals surface area contributed by atoms with Crippen molar-refractivity contribution in [2.75, 3.05) is 38.0 Å². The summed E-state index contributed by atoms with van der Waals surface area (Å²) < 4.78 is 0. The summed E-state index contributed by atoms with van der Waals surface area (Å²) in [6.07, 6.45) is -8.37. The first kappa shape index (κ1) is 22.3. The van der Waals surface area contributed by atoms with Crippen LogP contribution in [0.1, 0.15) is 0 Å². The van der Waals surface area contributed by atoms with Gasteiger partial charge in [0, 0.05) is 31.4 Å². The van der Waals surface area contributed by atoms with Gasteiger partial charge in [0.15, 0.2) is 0 Å². The van der Waals surface area contributed by atoms with E-state index in [4.69, 9.17) is 28.3 Å². The minimum Gasteiger partial charge on any atom is -0.394 e. The van der Waals surface area contributed by atoms with Crippen molar-refractivity contribution in [2.24, 2.45) is 0 Å². The Kier molecular flexibility index (Phi) is 11.9. The number of hydrogen-bond donors (Lipinski definition) is 7. The molecule has 22 heavy (non-hydrogen) atoms. The topological polar surface area (TPSA) is 145 Å². The average Bonchev–Trinajstić information content (AvgIpc) is 2.51. The minimum atomic E-state index is -1.74. The zero-order valence-electron chi connectivity index (χ0n) is 12.0. The first-order valence-electron chi connectivity index (χ1n) is 6.80. The number of aliphatic hydroxyl groups excluding tert-OH is 7. The summed E-state index contributed by atoms with van der Waals surface area (Å²) in [4.78, 5) is 1.42. The molecular formula is C12H25Cl2NO7. The summed E-state index contributed by atoms with van der Waals surface area (Å²) in [7, 11) is 0. The van der Waals surface area contributed by atoms with Crippen LogP contribution in [0.2, 0.25) is 0 Å². The molecule has 0 aromatic carbocycles. The van der Waals surface area contributed by atoms with E-state index in [9.17, 15) is 30.6 Å². The molecule has 7 N–H and O–H groups in total. The van der Waals surface area contributed by atoms with Crippen LogP contribution in [0.4, 0.5) is 0 Å². The molecule has 0 aliphatic heterocycles. The molecule has 0 saturated carbocycles. The van der Waals surface area contributed by atoms with Gasteiger partial charge in [-0.1, -0.05) is 0 Å². The maximum absolute atomic E-state index is 9.90. The maximum atomic E-state index is 9.90. The smallest absolute Gasteiger partial charge is 0.111 e. The summed E-state index contributed by atoms with van der Waals surface area (Å²) in [5.41, 5.74) is 0. The molecule has 0 aromatic heterocycles. The molecule has 0 aliphatic carbocycles. The Morgan fingerprint density at radius 3 is 1.45 bits per heavy atom. The Bertz CT molecular complexity index is 278. The molecule has 0 aromatic rings. The van der Waals surface area contributed by atoms with Crippen molar-refractivity contribution < 1.29 is 35.7 Å². The Hall–Kier alpha value is 0.260. The van der Waals surface area contributed by atoms with E-state index in [1.165, 1.54) is 4.90 Å². The Morgan fingerprint density at radius 2 is 1.09 bits per heavy atom. The van der Waals surface area contributed by atoms with Crippen LogP contribution in [-0.2, 0) is 0 Å². The Labute approximate surface area is 139 Å². The van der Waals surface area contributed by atoms with Crippen molar-refractivity contribution in [1.82, 2.24) is 4.90 Å². The Morgan fingerprint density at radius 1 is 0.682 bits per heavy atom. The highest BCUT2D eigenvalue weighted by atomic mass is 35.5. The van der Waals surface area contributed by atoms with Gasteiger partial charge in [0.2, 0.25) is 0 Å². The lowest BCUT2D eigenvalue weighted by atomic mass is 10.0. The van der Waals surface area contributed by atoms with E-state index in [2.05, 4.69) is 0 Å². The van der Waals surface area contributed by atoms with Crippen LogP contribution in [0.5, 0.6) is 0 Å². The van der Waals surface area contributed by atoms with Gasteiger partial charge in [-0.3, -0.25) is 4.90 Å². The predicted molar refractivity (Wildman–Crippen MR) is 81.0 cm³/mol. The van der Waals surface area contributed by atoms with Crippen molar-refractivity contribution in [1.29, 1.82) is 0 Å². The van der Waals surface area contributed by atoms with E-state index in [0.717, 1.165) is 0 Å². The summed E-state index contributed by atoms with van der Waals surface area (Å²) >= 11 is 11.0. The second kappa shape index (κ2) is 11.7. The molecule has 0 rings (SSSR count). The van der Waals surface area contributed by atoms with Crippen molar-refractivity contribution in [2.45, 2.75) is 36.6 Å². The van der Waals surface area contributed by atoms with Crippen LogP contribution in [0.25, 0.3) is 0 Å². The molecule has 0 spiro atoms. The third-order valence-corrected chi connectivity index (χ3v) is 3.78. The second-order valence-electron chi connectivity index (χ2n) is 5.13. The summed E-state index contributed by atoms with van der Waals surface area (Å²) in [5, 5.41) is 66.2. The van der Waals surface area contributed by atoms with Gasteiger partial charge in [0.05, 0.1) is 24.9 Å². The highest BCUT2D eigenvalue weighted by Crippen LogP contribution is 2.08. The summed E-state index contributed by atoms with van der Waals surface area (Å²) in [5.74, 6) is -0.115. The summed E-state index contributed by atoms with van der Waals surface area (Å²) in [6, 6.07) is 0. The SMILES string of the molecule is OC[C@@H](O)C(O)C(O)C(O)CN(CC(O)CCl)CC(O)CCl. The van der Waals surface area contributed by atoms with Crippen molar-refractivity contribution >= 4 is 23.2 Å². The van der Waals surface area contributed by atoms with Gasteiger partial charge in [-0.05, 0) is 0 Å². The maximum Gasteiger partial charge on any atom is 0.111 e. The molecule has 134 valence electrons. The molecule has 5 unspecified atom stereocenters. The normalized spacial score (nSPS) is 20.5. The first-order chi connectivity index (χ1) is 10.3. The lowest BCUT2D eigenvalue weighted by molar-refractivity contribution is -0.121. The van der Waals surface area contributed by atoms with E-state index in [0.29, 0.717) is 0 Å². The standard InChI is InChI=1S/C12H25Cl2NO7/c13-1-7(17)3-15(4-8(18)2-14)5-9(19)11(21)12(22)10(20)6-16/h7-12,16-22H,1-6H2/t7?,8?,9?,10-,11?,12?/m1/s1. The van der Waals surface area contributed by atoms with Crippen LogP contribution in [-0.4, -0.2) is 115 Å². The predicted octanol–water partition coefficient (Wildman–Crippen LogP) is -3.08. The van der Waals surface area contributed by atoms with Crippen LogP contribution >= 0.6 is 23.2 Å². The van der Waals surface area contributed by atoms with Crippen LogP contribution in [0, 0.1) is 0 Å². The first-order valence-corrected chi connectivity index (χ1v) is 7.87. The van der Waals surface area contributed by atoms with Crippen molar-refractivity contribution in [3.8, 4) is 0 Å². The molecule has 0 radical (unpaired) electrons. The highest BCUT2D eigenvalue weighted by Gasteiger charge is 2.31. The number of rotatable bonds is 12. The molecule has 0 saturated heterocycles. The fourth-order valence-electron chi connectivity index (χ4n) is 1.85. The molecule has 0 amide bonds.